The predicted octanol–water partition coefficient (Wildman–Crippen LogP) is 2.23. The summed E-state index contributed by atoms with van der Waals surface area (Å²) in [7, 11) is 0. The van der Waals surface area contributed by atoms with Crippen LogP contribution in [-0.2, 0) is 11.2 Å². The minimum absolute atomic E-state index is 0.0199. The number of aromatic nitrogens is 1. The van der Waals surface area contributed by atoms with Crippen molar-refractivity contribution in [1.82, 2.24) is 15.2 Å². The van der Waals surface area contributed by atoms with Crippen LogP contribution in [0.5, 0.6) is 0 Å². The summed E-state index contributed by atoms with van der Waals surface area (Å²) in [4.78, 5) is 30.0. The summed E-state index contributed by atoms with van der Waals surface area (Å²) in [5.74, 6) is 0.320. The maximum atomic E-state index is 13.0. The van der Waals surface area contributed by atoms with Gasteiger partial charge in [-0.3, -0.25) is 9.59 Å². The largest absolute Gasteiger partial charge is 0.365 e. The van der Waals surface area contributed by atoms with Crippen LogP contribution < -0.4 is 10.6 Å². The number of rotatable bonds is 7. The highest BCUT2D eigenvalue weighted by Crippen LogP contribution is 2.17. The molecule has 3 rings (SSSR count). The normalized spacial score (nSPS) is 16.4. The lowest BCUT2D eigenvalue weighted by molar-refractivity contribution is -0.127. The maximum Gasteiger partial charge on any atom is 0.252 e. The van der Waals surface area contributed by atoms with E-state index in [2.05, 4.69) is 15.6 Å². The molecule has 1 aliphatic heterocycles. The molecule has 6 nitrogen and oxygen atoms in total. The van der Waals surface area contributed by atoms with E-state index >= 15 is 0 Å². The summed E-state index contributed by atoms with van der Waals surface area (Å²) in [6, 6.07) is 9.79. The van der Waals surface area contributed by atoms with Gasteiger partial charge in [0.2, 0.25) is 5.91 Å². The van der Waals surface area contributed by atoms with Crippen molar-refractivity contribution in [3.05, 3.63) is 59.5 Å². The molecular formula is C20H23FN4O2. The van der Waals surface area contributed by atoms with Crippen molar-refractivity contribution < 1.29 is 14.0 Å². The third-order valence-corrected chi connectivity index (χ3v) is 4.51. The van der Waals surface area contributed by atoms with E-state index in [9.17, 15) is 14.0 Å². The van der Waals surface area contributed by atoms with E-state index in [4.69, 9.17) is 0 Å². The standard InChI is InChI=1S/C20H23FN4O2/c1-2-22-20(27)15-5-8-18(23-12-15)24-17-11-19(26)25(13-17)10-9-14-3-6-16(21)7-4-14/h3-8,12,17H,2,9-11,13H2,1H3,(H,22,27)(H,23,24)/t17-/m1/s1. The van der Waals surface area contributed by atoms with Gasteiger partial charge in [-0.25, -0.2) is 9.37 Å². The van der Waals surface area contributed by atoms with Gasteiger partial charge >= 0.3 is 0 Å². The van der Waals surface area contributed by atoms with E-state index in [1.54, 1.807) is 24.3 Å². The second kappa shape index (κ2) is 8.62. The molecule has 2 amide bonds. The quantitative estimate of drug-likeness (QED) is 0.784. The molecule has 0 unspecified atom stereocenters. The molecule has 7 heteroatoms. The summed E-state index contributed by atoms with van der Waals surface area (Å²) in [5, 5.41) is 5.98. The molecule has 2 heterocycles. The number of halogens is 1. The molecule has 1 aromatic carbocycles. The van der Waals surface area contributed by atoms with E-state index < -0.39 is 0 Å². The number of carbonyl (C=O) groups is 2. The number of anilines is 1. The number of pyridine rings is 1. The van der Waals surface area contributed by atoms with Crippen molar-refractivity contribution in [1.29, 1.82) is 0 Å². The highest BCUT2D eigenvalue weighted by atomic mass is 19.1. The van der Waals surface area contributed by atoms with Crippen LogP contribution in [-0.4, -0.2) is 47.4 Å². The van der Waals surface area contributed by atoms with Crippen LogP contribution in [0.3, 0.4) is 0 Å². The van der Waals surface area contributed by atoms with Crippen molar-refractivity contribution in [3.8, 4) is 0 Å². The van der Waals surface area contributed by atoms with E-state index in [0.29, 0.717) is 43.9 Å². The smallest absolute Gasteiger partial charge is 0.252 e. The monoisotopic (exact) mass is 370 g/mol. The van der Waals surface area contributed by atoms with Crippen LogP contribution in [0.25, 0.3) is 0 Å². The Morgan fingerprint density at radius 3 is 2.70 bits per heavy atom. The highest BCUT2D eigenvalue weighted by Gasteiger charge is 2.29. The average Bonchev–Trinajstić information content (AvgIpc) is 3.01. The van der Waals surface area contributed by atoms with Gasteiger partial charge in [-0.15, -0.1) is 0 Å². The molecule has 1 atom stereocenters. The molecule has 0 spiro atoms. The summed E-state index contributed by atoms with van der Waals surface area (Å²) in [5.41, 5.74) is 1.51. The van der Waals surface area contributed by atoms with Gasteiger partial charge in [-0.05, 0) is 43.2 Å². The van der Waals surface area contributed by atoms with Gasteiger partial charge in [0, 0.05) is 32.3 Å². The van der Waals surface area contributed by atoms with Gasteiger partial charge < -0.3 is 15.5 Å². The number of hydrogen-bond acceptors (Lipinski definition) is 4. The zero-order valence-electron chi connectivity index (χ0n) is 15.2. The van der Waals surface area contributed by atoms with E-state index in [1.165, 1.54) is 18.3 Å². The zero-order chi connectivity index (χ0) is 19.2. The number of nitrogens with one attached hydrogen (secondary N) is 2. The van der Waals surface area contributed by atoms with Crippen LogP contribution in [0.4, 0.5) is 10.2 Å². The molecule has 0 saturated carbocycles. The van der Waals surface area contributed by atoms with Gasteiger partial charge in [0.25, 0.3) is 5.91 Å². The fraction of sp³-hybridized carbons (Fsp3) is 0.350. The summed E-state index contributed by atoms with van der Waals surface area (Å²) in [6.45, 7) is 3.63. The van der Waals surface area contributed by atoms with Crippen molar-refractivity contribution in [2.45, 2.75) is 25.8 Å². The second-order valence-electron chi connectivity index (χ2n) is 6.55. The molecule has 0 aliphatic carbocycles. The third-order valence-electron chi connectivity index (χ3n) is 4.51. The lowest BCUT2D eigenvalue weighted by Crippen LogP contribution is -2.30. The molecule has 2 aromatic rings. The van der Waals surface area contributed by atoms with Crippen LogP contribution in [0.1, 0.15) is 29.3 Å². The van der Waals surface area contributed by atoms with E-state index in [1.807, 2.05) is 11.8 Å². The molecule has 142 valence electrons. The van der Waals surface area contributed by atoms with Gasteiger partial charge in [0.1, 0.15) is 11.6 Å². The molecule has 2 N–H and O–H groups in total. The highest BCUT2D eigenvalue weighted by molar-refractivity contribution is 5.94. The SMILES string of the molecule is CCNC(=O)c1ccc(N[C@@H]2CC(=O)N(CCc3ccc(F)cc3)C2)nc1. The van der Waals surface area contributed by atoms with E-state index in [-0.39, 0.29) is 23.7 Å². The van der Waals surface area contributed by atoms with Crippen LogP contribution in [0.2, 0.25) is 0 Å². The van der Waals surface area contributed by atoms with Crippen molar-refractivity contribution in [2.24, 2.45) is 0 Å². The topological polar surface area (TPSA) is 74.3 Å². The van der Waals surface area contributed by atoms with Gasteiger partial charge in [-0.1, -0.05) is 12.1 Å². The van der Waals surface area contributed by atoms with Gasteiger partial charge in [0.05, 0.1) is 11.6 Å². The Balaban J connectivity index is 1.51. The Kier molecular flexibility index (Phi) is 6.01. The lowest BCUT2D eigenvalue weighted by Gasteiger charge is -2.17. The van der Waals surface area contributed by atoms with Crippen LogP contribution in [0.15, 0.2) is 42.6 Å². The first-order chi connectivity index (χ1) is 13.0. The Bertz CT molecular complexity index is 793. The molecule has 1 aromatic heterocycles. The Hall–Kier alpha value is -2.96. The predicted molar refractivity (Wildman–Crippen MR) is 101 cm³/mol. The second-order valence-corrected chi connectivity index (χ2v) is 6.55. The lowest BCUT2D eigenvalue weighted by atomic mass is 10.1. The minimum Gasteiger partial charge on any atom is -0.365 e. The number of carbonyl (C=O) groups excluding carboxylic acids is 2. The Labute approximate surface area is 157 Å². The summed E-state index contributed by atoms with van der Waals surface area (Å²) in [6.07, 6.45) is 2.62. The summed E-state index contributed by atoms with van der Waals surface area (Å²) < 4.78 is 13.0. The number of likely N-dealkylation sites (tertiary alicyclic amines) is 1. The minimum atomic E-state index is -0.258. The Morgan fingerprint density at radius 2 is 2.04 bits per heavy atom. The molecule has 27 heavy (non-hydrogen) atoms. The maximum absolute atomic E-state index is 13.0. The fourth-order valence-electron chi connectivity index (χ4n) is 3.09. The Morgan fingerprint density at radius 1 is 1.26 bits per heavy atom. The molecule has 1 saturated heterocycles. The number of benzene rings is 1. The molecule has 1 aliphatic rings. The fourth-order valence-corrected chi connectivity index (χ4v) is 3.09. The third kappa shape index (κ3) is 5.03. The average molecular weight is 370 g/mol. The van der Waals surface area contributed by atoms with Gasteiger partial charge in [0.15, 0.2) is 0 Å². The van der Waals surface area contributed by atoms with Crippen LogP contribution in [0, 0.1) is 5.82 Å². The number of amides is 2. The van der Waals surface area contributed by atoms with Crippen molar-refractivity contribution in [3.63, 3.8) is 0 Å². The molecular weight excluding hydrogens is 347 g/mol. The first kappa shape index (κ1) is 18.8. The van der Waals surface area contributed by atoms with Crippen LogP contribution >= 0.6 is 0 Å². The molecule has 0 bridgehead atoms. The summed E-state index contributed by atoms with van der Waals surface area (Å²) >= 11 is 0. The van der Waals surface area contributed by atoms with E-state index in [0.717, 1.165) is 5.56 Å². The molecule has 1 fully saturated rings. The zero-order valence-corrected chi connectivity index (χ0v) is 15.2. The first-order valence-electron chi connectivity index (χ1n) is 9.08. The number of hydrogen-bond donors (Lipinski definition) is 2. The first-order valence-corrected chi connectivity index (χ1v) is 9.08. The van der Waals surface area contributed by atoms with Crippen molar-refractivity contribution >= 4 is 17.6 Å². The van der Waals surface area contributed by atoms with Crippen molar-refractivity contribution in [2.75, 3.05) is 25.0 Å². The molecule has 0 radical (unpaired) electrons. The van der Waals surface area contributed by atoms with Gasteiger partial charge in [-0.2, -0.15) is 0 Å². The number of nitrogens with zero attached hydrogens (tertiary/aromatic N) is 2.